The van der Waals surface area contributed by atoms with Gasteiger partial charge >= 0.3 is 0 Å². The first kappa shape index (κ1) is 9.96. The molecule has 0 aromatic rings. The van der Waals surface area contributed by atoms with Gasteiger partial charge in [0.2, 0.25) is 0 Å². The lowest BCUT2D eigenvalue weighted by Crippen LogP contribution is -2.05. The van der Waals surface area contributed by atoms with Gasteiger partial charge in [-0.1, -0.05) is 39.5 Å². The summed E-state index contributed by atoms with van der Waals surface area (Å²) in [5.41, 5.74) is 7.46. The minimum Gasteiger partial charge on any atom is -0.255 e. The Labute approximate surface area is 65.0 Å². The van der Waals surface area contributed by atoms with Crippen molar-refractivity contribution in [2.75, 3.05) is 0 Å². The second kappa shape index (κ2) is 7.07. The quantitative estimate of drug-likeness (QED) is 0.509. The van der Waals surface area contributed by atoms with E-state index in [1.165, 1.54) is 25.7 Å². The Bertz CT molecular complexity index is 61.7. The Morgan fingerprint density at radius 1 is 1.10 bits per heavy atom. The molecule has 0 bridgehead atoms. The molecular formula is C9H20N. The van der Waals surface area contributed by atoms with Crippen molar-refractivity contribution in [3.8, 4) is 0 Å². The molecule has 0 spiro atoms. The van der Waals surface area contributed by atoms with Crippen LogP contribution in [-0.2, 0) is 0 Å². The van der Waals surface area contributed by atoms with Crippen LogP contribution in [0.5, 0.6) is 0 Å². The van der Waals surface area contributed by atoms with E-state index in [1.54, 1.807) is 0 Å². The van der Waals surface area contributed by atoms with Crippen molar-refractivity contribution in [2.24, 2.45) is 0 Å². The topological polar surface area (TPSA) is 23.8 Å². The van der Waals surface area contributed by atoms with E-state index in [0.29, 0.717) is 0 Å². The zero-order chi connectivity index (χ0) is 7.82. The summed E-state index contributed by atoms with van der Waals surface area (Å²) in [6.45, 7) is 4.31. The number of nitrogens with one attached hydrogen (secondary N) is 1. The average Bonchev–Trinajstić information content (AvgIpc) is 1.98. The van der Waals surface area contributed by atoms with E-state index in [0.717, 1.165) is 12.8 Å². The molecule has 1 heteroatoms. The van der Waals surface area contributed by atoms with Crippen molar-refractivity contribution in [3.05, 3.63) is 0 Å². The first-order chi connectivity index (χ1) is 4.81. The third-order valence-electron chi connectivity index (χ3n) is 1.90. The molecule has 0 saturated heterocycles. The Morgan fingerprint density at radius 3 is 2.30 bits per heavy atom. The van der Waals surface area contributed by atoms with Crippen molar-refractivity contribution in [3.63, 3.8) is 0 Å². The standard InChI is InChI=1S/C9H20N/c1-3-5-6-7-8-9(10)4-2/h9-10H,3-8H2,1-2H3. The summed E-state index contributed by atoms with van der Waals surface area (Å²) in [4.78, 5) is 0. The second-order valence-corrected chi connectivity index (χ2v) is 2.95. The van der Waals surface area contributed by atoms with Gasteiger partial charge in [0.1, 0.15) is 0 Å². The van der Waals surface area contributed by atoms with Gasteiger partial charge in [-0.25, -0.2) is 0 Å². The van der Waals surface area contributed by atoms with Gasteiger partial charge in [0, 0.05) is 6.04 Å². The van der Waals surface area contributed by atoms with Crippen LogP contribution < -0.4 is 5.73 Å². The van der Waals surface area contributed by atoms with Gasteiger partial charge in [-0.05, 0) is 12.8 Å². The number of hydrogen-bond donors (Lipinski definition) is 0. The molecule has 0 aromatic carbocycles. The van der Waals surface area contributed by atoms with Gasteiger partial charge in [-0.3, -0.25) is 5.73 Å². The summed E-state index contributed by atoms with van der Waals surface area (Å²) in [6, 6.07) is 0.205. The van der Waals surface area contributed by atoms with Gasteiger partial charge in [0.05, 0.1) is 0 Å². The van der Waals surface area contributed by atoms with E-state index < -0.39 is 0 Å². The van der Waals surface area contributed by atoms with E-state index >= 15 is 0 Å². The monoisotopic (exact) mass is 142 g/mol. The van der Waals surface area contributed by atoms with Gasteiger partial charge in [0.15, 0.2) is 0 Å². The highest BCUT2D eigenvalue weighted by Crippen LogP contribution is 2.06. The van der Waals surface area contributed by atoms with Crippen molar-refractivity contribution >= 4 is 0 Å². The summed E-state index contributed by atoms with van der Waals surface area (Å²) in [6.07, 6.45) is 7.36. The number of unbranched alkanes of at least 4 members (excludes halogenated alkanes) is 3. The lowest BCUT2D eigenvalue weighted by Gasteiger charge is -2.05. The smallest absolute Gasteiger partial charge is 0.0210 e. The third-order valence-corrected chi connectivity index (χ3v) is 1.90. The Balaban J connectivity index is 2.89. The molecule has 10 heavy (non-hydrogen) atoms. The Hall–Kier alpha value is -0.0400. The maximum Gasteiger partial charge on any atom is 0.0210 e. The first-order valence-corrected chi connectivity index (χ1v) is 4.52. The van der Waals surface area contributed by atoms with Crippen LogP contribution in [0, 0.1) is 0 Å². The fourth-order valence-corrected chi connectivity index (χ4v) is 1.02. The largest absolute Gasteiger partial charge is 0.255 e. The number of rotatable bonds is 6. The van der Waals surface area contributed by atoms with Crippen molar-refractivity contribution in [1.82, 2.24) is 5.73 Å². The van der Waals surface area contributed by atoms with Gasteiger partial charge in [-0.2, -0.15) is 0 Å². The first-order valence-electron chi connectivity index (χ1n) is 4.52. The van der Waals surface area contributed by atoms with Crippen LogP contribution in [0.25, 0.3) is 0 Å². The molecule has 0 saturated carbocycles. The normalized spacial score (nSPS) is 13.5. The maximum atomic E-state index is 7.46. The molecule has 0 aliphatic heterocycles. The third kappa shape index (κ3) is 6.09. The zero-order valence-electron chi connectivity index (χ0n) is 7.32. The maximum absolute atomic E-state index is 7.46. The number of hydrogen-bond acceptors (Lipinski definition) is 0. The fourth-order valence-electron chi connectivity index (χ4n) is 1.02. The van der Waals surface area contributed by atoms with Gasteiger partial charge < -0.3 is 0 Å². The van der Waals surface area contributed by atoms with Crippen LogP contribution in [-0.4, -0.2) is 6.04 Å². The highest BCUT2D eigenvalue weighted by Gasteiger charge is 1.97. The molecule has 1 atom stereocenters. The fraction of sp³-hybridized carbons (Fsp3) is 1.00. The van der Waals surface area contributed by atoms with Crippen molar-refractivity contribution < 1.29 is 0 Å². The molecule has 1 nitrogen and oxygen atoms in total. The van der Waals surface area contributed by atoms with E-state index in [2.05, 4.69) is 13.8 Å². The molecule has 0 amide bonds. The second-order valence-electron chi connectivity index (χ2n) is 2.95. The molecule has 0 fully saturated rings. The molecule has 0 aliphatic carbocycles. The van der Waals surface area contributed by atoms with E-state index in [1.807, 2.05) is 0 Å². The summed E-state index contributed by atoms with van der Waals surface area (Å²) in [5, 5.41) is 0. The Morgan fingerprint density at radius 2 is 1.80 bits per heavy atom. The molecule has 0 heterocycles. The summed E-state index contributed by atoms with van der Waals surface area (Å²) in [5.74, 6) is 0. The van der Waals surface area contributed by atoms with Crippen LogP contribution in [0.15, 0.2) is 0 Å². The minimum atomic E-state index is 0.205. The molecule has 61 valence electrons. The summed E-state index contributed by atoms with van der Waals surface area (Å²) >= 11 is 0. The van der Waals surface area contributed by atoms with E-state index in [4.69, 9.17) is 5.73 Å². The average molecular weight is 142 g/mol. The highest BCUT2D eigenvalue weighted by atomic mass is 14.6. The Kier molecular flexibility index (Phi) is 7.04. The molecule has 0 aliphatic rings. The van der Waals surface area contributed by atoms with Crippen LogP contribution >= 0.6 is 0 Å². The lowest BCUT2D eigenvalue weighted by molar-refractivity contribution is 0.527. The predicted octanol–water partition coefficient (Wildman–Crippen LogP) is 3.02. The van der Waals surface area contributed by atoms with Crippen LogP contribution in [0.1, 0.15) is 52.4 Å². The molecule has 0 aromatic heterocycles. The molecule has 1 unspecified atom stereocenters. The van der Waals surface area contributed by atoms with Gasteiger partial charge in [0.25, 0.3) is 0 Å². The lowest BCUT2D eigenvalue weighted by atomic mass is 10.1. The minimum absolute atomic E-state index is 0.205. The van der Waals surface area contributed by atoms with Crippen molar-refractivity contribution in [2.45, 2.75) is 58.4 Å². The van der Waals surface area contributed by atoms with Crippen LogP contribution in [0.2, 0.25) is 0 Å². The van der Waals surface area contributed by atoms with E-state index in [-0.39, 0.29) is 6.04 Å². The predicted molar refractivity (Wildman–Crippen MR) is 45.9 cm³/mol. The zero-order valence-corrected chi connectivity index (χ0v) is 7.32. The molecule has 0 rings (SSSR count). The van der Waals surface area contributed by atoms with Crippen molar-refractivity contribution in [1.29, 1.82) is 0 Å². The van der Waals surface area contributed by atoms with Crippen LogP contribution in [0.3, 0.4) is 0 Å². The SMILES string of the molecule is CCCCCCC([NH])CC. The van der Waals surface area contributed by atoms with Gasteiger partial charge in [-0.15, -0.1) is 0 Å². The molecule has 1 radical (unpaired) electrons. The summed E-state index contributed by atoms with van der Waals surface area (Å²) < 4.78 is 0. The molecule has 1 N–H and O–H groups in total. The van der Waals surface area contributed by atoms with E-state index in [9.17, 15) is 0 Å². The molecular weight excluding hydrogens is 122 g/mol. The highest BCUT2D eigenvalue weighted by molar-refractivity contribution is 4.56. The summed E-state index contributed by atoms with van der Waals surface area (Å²) in [7, 11) is 0. The van der Waals surface area contributed by atoms with Crippen LogP contribution in [0.4, 0.5) is 0 Å².